The molecule has 1 saturated heterocycles. The van der Waals surface area contributed by atoms with Gasteiger partial charge >= 0.3 is 0 Å². The van der Waals surface area contributed by atoms with Gasteiger partial charge in [-0.1, -0.05) is 12.1 Å². The van der Waals surface area contributed by atoms with Crippen LogP contribution in [0.3, 0.4) is 0 Å². The second-order valence-electron chi connectivity index (χ2n) is 5.87. The maximum absolute atomic E-state index is 8.86. The topological polar surface area (TPSA) is 67.7 Å². The van der Waals surface area contributed by atoms with Crippen LogP contribution in [0.25, 0.3) is 0 Å². The quantitative estimate of drug-likeness (QED) is 0.870. The minimum Gasteiger partial charge on any atom is -0.491 e. The fraction of sp³-hybridized carbons (Fsp3) is 0.444. The Balaban J connectivity index is 1.63. The highest BCUT2D eigenvalue weighted by molar-refractivity contribution is 5.28. The molecule has 6 nitrogen and oxygen atoms in total. The molecule has 128 valence electrons. The van der Waals surface area contributed by atoms with Gasteiger partial charge in [-0.2, -0.15) is 0 Å². The van der Waals surface area contributed by atoms with Crippen molar-refractivity contribution in [3.8, 4) is 5.75 Å². The minimum atomic E-state index is -0.0903. The molecule has 0 radical (unpaired) electrons. The van der Waals surface area contributed by atoms with Crippen molar-refractivity contribution in [1.29, 1.82) is 0 Å². The van der Waals surface area contributed by atoms with Crippen LogP contribution < -0.4 is 4.74 Å². The largest absolute Gasteiger partial charge is 0.491 e. The Hall–Kier alpha value is -2.02. The van der Waals surface area contributed by atoms with Crippen LogP contribution in [-0.2, 0) is 11.3 Å². The van der Waals surface area contributed by atoms with Crippen molar-refractivity contribution in [3.63, 3.8) is 0 Å². The van der Waals surface area contributed by atoms with E-state index in [1.165, 1.54) is 5.56 Å². The molecular formula is C18H23N3O3. The SMILES string of the molecule is Cc1ccnc([C@H]2CN(Cc3cccc(OCCO)c3)CCO2)n1. The lowest BCUT2D eigenvalue weighted by atomic mass is 10.1. The molecule has 0 unspecified atom stereocenters. The summed E-state index contributed by atoms with van der Waals surface area (Å²) >= 11 is 0. The number of nitrogens with zero attached hydrogens (tertiary/aromatic N) is 3. The first kappa shape index (κ1) is 16.8. The van der Waals surface area contributed by atoms with E-state index in [2.05, 4.69) is 20.9 Å². The molecule has 0 spiro atoms. The molecular weight excluding hydrogens is 306 g/mol. The Labute approximate surface area is 142 Å². The second kappa shape index (κ2) is 8.19. The third-order valence-electron chi connectivity index (χ3n) is 3.92. The summed E-state index contributed by atoms with van der Waals surface area (Å²) in [6.07, 6.45) is 1.69. The number of morpholine rings is 1. The van der Waals surface area contributed by atoms with E-state index in [9.17, 15) is 0 Å². The molecule has 6 heteroatoms. The van der Waals surface area contributed by atoms with Gasteiger partial charge in [-0.25, -0.2) is 9.97 Å². The van der Waals surface area contributed by atoms with Gasteiger partial charge in [0.1, 0.15) is 18.5 Å². The molecule has 1 aliphatic rings. The third kappa shape index (κ3) is 4.50. The summed E-state index contributed by atoms with van der Waals surface area (Å²) in [4.78, 5) is 11.2. The van der Waals surface area contributed by atoms with E-state index in [0.717, 1.165) is 36.9 Å². The van der Waals surface area contributed by atoms with E-state index < -0.39 is 0 Å². The number of hydrogen-bond donors (Lipinski definition) is 1. The van der Waals surface area contributed by atoms with Crippen LogP contribution in [0.1, 0.15) is 23.2 Å². The first-order valence-corrected chi connectivity index (χ1v) is 8.20. The Kier molecular flexibility index (Phi) is 5.74. The Morgan fingerprint density at radius 2 is 2.29 bits per heavy atom. The minimum absolute atomic E-state index is 0.0197. The van der Waals surface area contributed by atoms with Gasteiger partial charge in [-0.05, 0) is 30.7 Å². The molecule has 1 aromatic carbocycles. The van der Waals surface area contributed by atoms with Crippen molar-refractivity contribution in [2.24, 2.45) is 0 Å². The highest BCUT2D eigenvalue weighted by atomic mass is 16.5. The lowest BCUT2D eigenvalue weighted by Crippen LogP contribution is -2.38. The lowest BCUT2D eigenvalue weighted by Gasteiger charge is -2.32. The molecule has 1 atom stereocenters. The van der Waals surface area contributed by atoms with E-state index in [-0.39, 0.29) is 12.7 Å². The van der Waals surface area contributed by atoms with E-state index >= 15 is 0 Å². The standard InChI is InChI=1S/C18H23N3O3/c1-14-5-6-19-18(20-14)17-13-21(7-9-24-17)12-15-3-2-4-16(11-15)23-10-8-22/h2-6,11,17,22H,7-10,12-13H2,1H3/t17-/m1/s1. The Morgan fingerprint density at radius 1 is 1.38 bits per heavy atom. The van der Waals surface area contributed by atoms with Crippen LogP contribution >= 0.6 is 0 Å². The molecule has 0 bridgehead atoms. The van der Waals surface area contributed by atoms with Gasteiger partial charge in [0, 0.05) is 31.5 Å². The summed E-state index contributed by atoms with van der Waals surface area (Å²) in [5, 5.41) is 8.86. The average molecular weight is 329 g/mol. The van der Waals surface area contributed by atoms with Gasteiger partial charge in [0.15, 0.2) is 5.82 Å². The number of rotatable bonds is 6. The molecule has 3 rings (SSSR count). The zero-order valence-electron chi connectivity index (χ0n) is 13.9. The van der Waals surface area contributed by atoms with Crippen molar-refractivity contribution in [1.82, 2.24) is 14.9 Å². The van der Waals surface area contributed by atoms with Gasteiger partial charge in [-0.3, -0.25) is 4.90 Å². The predicted octanol–water partition coefficient (Wildman–Crippen LogP) is 1.73. The molecule has 0 amide bonds. The lowest BCUT2D eigenvalue weighted by molar-refractivity contribution is -0.0373. The van der Waals surface area contributed by atoms with Gasteiger partial charge in [0.2, 0.25) is 0 Å². The molecule has 1 aromatic heterocycles. The number of benzene rings is 1. The van der Waals surface area contributed by atoms with Crippen molar-refractivity contribution < 1.29 is 14.6 Å². The Morgan fingerprint density at radius 3 is 3.12 bits per heavy atom. The first-order valence-electron chi connectivity index (χ1n) is 8.20. The number of aliphatic hydroxyl groups excluding tert-OH is 1. The summed E-state index contributed by atoms with van der Waals surface area (Å²) in [6.45, 7) is 5.43. The van der Waals surface area contributed by atoms with Crippen LogP contribution in [-0.4, -0.2) is 52.9 Å². The molecule has 24 heavy (non-hydrogen) atoms. The monoisotopic (exact) mass is 329 g/mol. The molecule has 1 fully saturated rings. The van der Waals surface area contributed by atoms with Gasteiger partial charge in [-0.15, -0.1) is 0 Å². The summed E-state index contributed by atoms with van der Waals surface area (Å²) in [5.74, 6) is 1.54. The van der Waals surface area contributed by atoms with Crippen molar-refractivity contribution >= 4 is 0 Å². The average Bonchev–Trinajstić information content (AvgIpc) is 2.60. The summed E-state index contributed by atoms with van der Waals surface area (Å²) in [5.41, 5.74) is 2.13. The zero-order valence-corrected chi connectivity index (χ0v) is 13.9. The molecule has 1 aliphatic heterocycles. The van der Waals surface area contributed by atoms with E-state index in [1.807, 2.05) is 31.2 Å². The van der Waals surface area contributed by atoms with Crippen LogP contribution in [0, 0.1) is 6.92 Å². The van der Waals surface area contributed by atoms with Gasteiger partial charge in [0.25, 0.3) is 0 Å². The number of aryl methyl sites for hydroxylation is 1. The molecule has 2 aromatic rings. The number of hydrogen-bond acceptors (Lipinski definition) is 6. The highest BCUT2D eigenvalue weighted by Crippen LogP contribution is 2.22. The maximum Gasteiger partial charge on any atom is 0.158 e. The molecule has 1 N–H and O–H groups in total. The van der Waals surface area contributed by atoms with Crippen molar-refractivity contribution in [2.45, 2.75) is 19.6 Å². The number of aromatic nitrogens is 2. The fourth-order valence-electron chi connectivity index (χ4n) is 2.78. The molecule has 2 heterocycles. The maximum atomic E-state index is 8.86. The zero-order chi connectivity index (χ0) is 16.8. The Bertz CT molecular complexity index is 665. The molecule has 0 aliphatic carbocycles. The van der Waals surface area contributed by atoms with E-state index in [0.29, 0.717) is 13.2 Å². The summed E-state index contributed by atoms with van der Waals surface area (Å²) in [6, 6.07) is 9.87. The second-order valence-corrected chi connectivity index (χ2v) is 5.87. The smallest absolute Gasteiger partial charge is 0.158 e. The fourth-order valence-corrected chi connectivity index (χ4v) is 2.78. The van der Waals surface area contributed by atoms with Gasteiger partial charge < -0.3 is 14.6 Å². The highest BCUT2D eigenvalue weighted by Gasteiger charge is 2.24. The van der Waals surface area contributed by atoms with Crippen LogP contribution in [0.5, 0.6) is 5.75 Å². The van der Waals surface area contributed by atoms with Crippen LogP contribution in [0.4, 0.5) is 0 Å². The van der Waals surface area contributed by atoms with Gasteiger partial charge in [0.05, 0.1) is 13.2 Å². The third-order valence-corrected chi connectivity index (χ3v) is 3.92. The van der Waals surface area contributed by atoms with E-state index in [1.54, 1.807) is 6.20 Å². The van der Waals surface area contributed by atoms with Crippen LogP contribution in [0.2, 0.25) is 0 Å². The number of ether oxygens (including phenoxy) is 2. The molecule has 0 saturated carbocycles. The normalized spacial score (nSPS) is 18.5. The predicted molar refractivity (Wildman–Crippen MR) is 89.8 cm³/mol. The van der Waals surface area contributed by atoms with Crippen LogP contribution in [0.15, 0.2) is 36.5 Å². The number of aliphatic hydroxyl groups is 1. The summed E-state index contributed by atoms with van der Waals surface area (Å²) in [7, 11) is 0. The van der Waals surface area contributed by atoms with Crippen molar-refractivity contribution in [2.75, 3.05) is 32.9 Å². The summed E-state index contributed by atoms with van der Waals surface area (Å²) < 4.78 is 11.3. The van der Waals surface area contributed by atoms with Crippen molar-refractivity contribution in [3.05, 3.63) is 53.6 Å². The van der Waals surface area contributed by atoms with E-state index in [4.69, 9.17) is 14.6 Å². The first-order chi connectivity index (χ1) is 11.7.